The normalized spacial score (nSPS) is 12.6. The highest BCUT2D eigenvalue weighted by molar-refractivity contribution is 7.00. The van der Waals surface area contributed by atoms with Gasteiger partial charge in [-0.3, -0.25) is 0 Å². The summed E-state index contributed by atoms with van der Waals surface area (Å²) in [5, 5.41) is 19.5. The van der Waals surface area contributed by atoms with Gasteiger partial charge in [-0.05, 0) is 211 Å². The fraction of sp³-hybridized carbons (Fsp3) is 0.0339. The molecule has 574 valence electrons. The van der Waals surface area contributed by atoms with E-state index in [1.807, 2.05) is 0 Å². The lowest BCUT2D eigenvalue weighted by atomic mass is 9.33. The van der Waals surface area contributed by atoms with Gasteiger partial charge < -0.3 is 18.9 Å². The van der Waals surface area contributed by atoms with Crippen LogP contribution in [0.3, 0.4) is 0 Å². The van der Waals surface area contributed by atoms with Gasteiger partial charge >= 0.3 is 0 Å². The number of rotatable bonds is 10. The van der Waals surface area contributed by atoms with Crippen molar-refractivity contribution in [2.75, 3.05) is 9.80 Å². The third kappa shape index (κ3) is 10.9. The number of nitrogens with zero attached hydrogens (tertiary/aromatic N) is 4. The van der Waals surface area contributed by atoms with E-state index in [1.165, 1.54) is 119 Å². The molecule has 2 aliphatic rings. The number of anilines is 6. The first kappa shape index (κ1) is 70.5. The summed E-state index contributed by atoms with van der Waals surface area (Å²) in [7, 11) is 0. The van der Waals surface area contributed by atoms with Crippen molar-refractivity contribution in [2.45, 2.75) is 26.2 Å². The van der Waals surface area contributed by atoms with Gasteiger partial charge in [0.25, 0.3) is 6.71 Å². The van der Waals surface area contributed by atoms with Gasteiger partial charge in [-0.15, -0.1) is 0 Å². The smallest absolute Gasteiger partial charge is 0.252 e. The number of hydrogen-bond donors (Lipinski definition) is 0. The molecule has 4 heterocycles. The minimum Gasteiger partial charge on any atom is -0.310 e. The maximum Gasteiger partial charge on any atom is 0.252 e. The Hall–Kier alpha value is -15.6. The molecule has 0 atom stereocenters. The molecule has 25 rings (SSSR count). The van der Waals surface area contributed by atoms with Crippen molar-refractivity contribution in [2.24, 2.45) is 0 Å². The third-order valence-electron chi connectivity index (χ3n) is 26.6. The first-order valence-electron chi connectivity index (χ1n) is 43.0. The Kier molecular flexibility index (Phi) is 15.8. The van der Waals surface area contributed by atoms with Crippen LogP contribution in [0.25, 0.3) is 186 Å². The monoisotopic (exact) mass is 1560 g/mol. The lowest BCUT2D eigenvalue weighted by Crippen LogP contribution is -2.61. The Morgan fingerprint density at radius 2 is 0.504 bits per heavy atom. The second-order valence-corrected chi connectivity index (χ2v) is 34.5. The van der Waals surface area contributed by atoms with Crippen molar-refractivity contribution in [1.29, 1.82) is 0 Å². The fourth-order valence-corrected chi connectivity index (χ4v) is 21.1. The molecular formula is C118H79BN4. The van der Waals surface area contributed by atoms with Crippen LogP contribution in [0.4, 0.5) is 34.1 Å². The Bertz CT molecular complexity index is 7730. The summed E-state index contributed by atoms with van der Waals surface area (Å²) in [5.41, 5.74) is 31.4. The van der Waals surface area contributed by atoms with Crippen LogP contribution in [0.5, 0.6) is 0 Å². The van der Waals surface area contributed by atoms with Crippen LogP contribution in [-0.4, -0.2) is 15.8 Å². The van der Waals surface area contributed by atoms with Crippen molar-refractivity contribution in [1.82, 2.24) is 9.13 Å². The SMILES string of the molecule is CC(C)(C)c1cc2c3c(c1)N(c1c(-c4ccccc4)cc(-c4ccccc4)cc1-c1ccccc1)c1cc(-n4c5cc6ccccc6cc5c5c6ccccc6c6ccccc6c54)ccc1B3c1ccc(-n3c4cc5ccccc5cc4c4c5ccccc5c5ccccc5c43)cc1N2c1c(-c2ccccc2)cc(-c2ccccc2)cc1-c1ccccc1. The molecule has 0 spiro atoms. The molecule has 2 aromatic heterocycles. The van der Waals surface area contributed by atoms with Crippen molar-refractivity contribution >= 4 is 165 Å². The minimum absolute atomic E-state index is 0.337. The summed E-state index contributed by atoms with van der Waals surface area (Å²) in [6.45, 7) is 6.90. The van der Waals surface area contributed by atoms with Crippen LogP contribution in [0.2, 0.25) is 0 Å². The van der Waals surface area contributed by atoms with Gasteiger partial charge in [0.15, 0.2) is 0 Å². The molecule has 0 bridgehead atoms. The Morgan fingerprint density at radius 1 is 0.220 bits per heavy atom. The lowest BCUT2D eigenvalue weighted by molar-refractivity contribution is 0.590. The number of fused-ring (bicyclic) bond motifs is 22. The second-order valence-electron chi connectivity index (χ2n) is 34.5. The summed E-state index contributed by atoms with van der Waals surface area (Å²) in [5.74, 6) is 0. The van der Waals surface area contributed by atoms with Crippen molar-refractivity contribution < 1.29 is 0 Å². The fourth-order valence-electron chi connectivity index (χ4n) is 21.1. The highest BCUT2D eigenvalue weighted by Crippen LogP contribution is 2.57. The van der Waals surface area contributed by atoms with Crippen LogP contribution in [0.15, 0.2) is 425 Å². The van der Waals surface area contributed by atoms with Gasteiger partial charge in [-0.2, -0.15) is 0 Å². The number of aromatic nitrogens is 2. The van der Waals surface area contributed by atoms with Gasteiger partial charge in [-0.1, -0.05) is 360 Å². The Morgan fingerprint density at radius 3 is 0.837 bits per heavy atom. The van der Waals surface area contributed by atoms with E-state index in [1.54, 1.807) is 0 Å². The summed E-state index contributed by atoms with van der Waals surface area (Å²) in [6, 6.07) is 161. The van der Waals surface area contributed by atoms with Crippen molar-refractivity contribution in [3.63, 3.8) is 0 Å². The van der Waals surface area contributed by atoms with Crippen LogP contribution in [0.1, 0.15) is 26.3 Å². The molecule has 21 aromatic carbocycles. The highest BCUT2D eigenvalue weighted by atomic mass is 15.2. The lowest BCUT2D eigenvalue weighted by Gasteiger charge is -2.46. The molecule has 0 saturated heterocycles. The zero-order valence-corrected chi connectivity index (χ0v) is 68.3. The quantitative estimate of drug-likeness (QED) is 0.100. The molecule has 5 heteroatoms. The summed E-state index contributed by atoms with van der Waals surface area (Å²) < 4.78 is 5.26. The largest absolute Gasteiger partial charge is 0.310 e. The molecule has 0 amide bonds. The third-order valence-corrected chi connectivity index (χ3v) is 26.6. The topological polar surface area (TPSA) is 16.3 Å². The van der Waals surface area contributed by atoms with E-state index >= 15 is 0 Å². The van der Waals surface area contributed by atoms with Gasteiger partial charge in [0, 0.05) is 88.7 Å². The van der Waals surface area contributed by atoms with Crippen LogP contribution >= 0.6 is 0 Å². The van der Waals surface area contributed by atoms with Crippen LogP contribution in [-0.2, 0) is 5.41 Å². The van der Waals surface area contributed by atoms with Gasteiger partial charge in [0.1, 0.15) is 0 Å². The van der Waals surface area contributed by atoms with E-state index in [4.69, 9.17) is 0 Å². The average Bonchev–Trinajstić information content (AvgIpc) is 1.62. The van der Waals surface area contributed by atoms with E-state index in [9.17, 15) is 0 Å². The van der Waals surface area contributed by atoms with Crippen molar-refractivity contribution in [3.8, 4) is 78.1 Å². The Labute approximate surface area is 714 Å². The highest BCUT2D eigenvalue weighted by Gasteiger charge is 2.47. The number of hydrogen-bond acceptors (Lipinski definition) is 2. The second kappa shape index (κ2) is 27.5. The zero-order chi connectivity index (χ0) is 81.3. The predicted molar refractivity (Wildman–Crippen MR) is 525 cm³/mol. The summed E-state index contributed by atoms with van der Waals surface area (Å²) in [4.78, 5) is 5.51. The van der Waals surface area contributed by atoms with E-state index in [2.05, 4.69) is 464 Å². The van der Waals surface area contributed by atoms with Crippen LogP contribution in [0, 0.1) is 0 Å². The first-order chi connectivity index (χ1) is 60.7. The zero-order valence-electron chi connectivity index (χ0n) is 68.3. The van der Waals surface area contributed by atoms with Gasteiger partial charge in [0.2, 0.25) is 0 Å². The molecule has 0 aliphatic carbocycles. The van der Waals surface area contributed by atoms with Crippen LogP contribution < -0.4 is 26.2 Å². The van der Waals surface area contributed by atoms with E-state index < -0.39 is 5.41 Å². The standard InChI is InChI=1S/C118H79BN4/c1-118(2,3)86-70-109-113-110(71-86)123(115-99(78-42-18-8-19-43-78)66-85(75-36-12-5-13-37-75)67-100(115)79-44-20-9-21-45-79)108-73-88(121-106-69-83-49-25-23-47-81(83)63-102(106)112-94-55-31-27-51-90(94)92-53-29-33-57-96(92)117(112)121)59-61-104(108)119(113)103-60-58-87(120-105-68-82-48-24-22-46-80(82)62-101(105)111-93-54-30-26-50-89(93)91-52-28-32-56-95(91)116(111)120)72-107(103)122(109)114-97(76-38-14-6-15-39-76)64-84(74-34-10-4-11-35-74)65-98(114)77-40-16-7-17-41-77/h4-73H,1-3H3. The van der Waals surface area contributed by atoms with E-state index in [0.29, 0.717) is 0 Å². The average molecular weight is 1560 g/mol. The molecular weight excluding hydrogens is 1480 g/mol. The summed E-state index contributed by atoms with van der Waals surface area (Å²) >= 11 is 0. The molecule has 4 nitrogen and oxygen atoms in total. The molecule has 0 saturated carbocycles. The van der Waals surface area contributed by atoms with E-state index in [0.717, 1.165) is 123 Å². The molecule has 23 aromatic rings. The van der Waals surface area contributed by atoms with Gasteiger partial charge in [-0.25, -0.2) is 0 Å². The molecule has 123 heavy (non-hydrogen) atoms. The van der Waals surface area contributed by atoms with Gasteiger partial charge in [0.05, 0.1) is 33.4 Å². The molecule has 0 N–H and O–H groups in total. The maximum absolute atomic E-state index is 2.75. The summed E-state index contributed by atoms with van der Waals surface area (Å²) in [6.07, 6.45) is 0. The van der Waals surface area contributed by atoms with E-state index in [-0.39, 0.29) is 6.71 Å². The minimum atomic E-state index is -0.406. The Balaban J connectivity index is 0.874. The molecule has 2 aliphatic heterocycles. The number of benzene rings is 21. The molecule has 0 unspecified atom stereocenters. The van der Waals surface area contributed by atoms with Crippen molar-refractivity contribution in [3.05, 3.63) is 430 Å². The maximum atomic E-state index is 2.75. The molecule has 0 fully saturated rings. The molecule has 0 radical (unpaired) electrons. The predicted octanol–water partition coefficient (Wildman–Crippen LogP) is 30.2. The first-order valence-corrected chi connectivity index (χ1v) is 43.0.